The van der Waals surface area contributed by atoms with E-state index in [-0.39, 0.29) is 0 Å². The number of hydrogen-bond donors (Lipinski definition) is 1. The molecule has 1 nitrogen and oxygen atoms in total. The zero-order chi connectivity index (χ0) is 7.98. The van der Waals surface area contributed by atoms with Crippen molar-refractivity contribution in [3.05, 3.63) is 11.1 Å². The molecule has 0 spiro atoms. The number of nitrogens with two attached hydrogens (primary N) is 1. The normalized spacial score (nSPS) is 13.2. The lowest BCUT2D eigenvalue weighted by Crippen LogP contribution is -2.01. The van der Waals surface area contributed by atoms with Crippen molar-refractivity contribution in [1.82, 2.24) is 0 Å². The van der Waals surface area contributed by atoms with E-state index < -0.39 is 0 Å². The quantitative estimate of drug-likeness (QED) is 0.598. The maximum atomic E-state index is 5.46. The van der Waals surface area contributed by atoms with E-state index in [1.54, 1.807) is 5.57 Å². The van der Waals surface area contributed by atoms with Gasteiger partial charge in [0.1, 0.15) is 0 Å². The van der Waals surface area contributed by atoms with Crippen LogP contribution in [0, 0.1) is 0 Å². The topological polar surface area (TPSA) is 26.0 Å². The maximum Gasteiger partial charge on any atom is -0.00398 e. The third-order valence-corrected chi connectivity index (χ3v) is 2.01. The molecule has 1 heteroatoms. The molecule has 0 aliphatic rings. The van der Waals surface area contributed by atoms with Gasteiger partial charge in [-0.2, -0.15) is 0 Å². The molecule has 0 fully saturated rings. The highest BCUT2D eigenvalue weighted by atomic mass is 14.5. The van der Waals surface area contributed by atoms with Gasteiger partial charge in [0.2, 0.25) is 0 Å². The Labute approximate surface area is 64.3 Å². The van der Waals surface area contributed by atoms with Crippen LogP contribution in [0.4, 0.5) is 0 Å². The molecule has 0 aliphatic heterocycles. The second-order valence-electron chi connectivity index (χ2n) is 2.63. The Morgan fingerprint density at radius 3 is 2.10 bits per heavy atom. The van der Waals surface area contributed by atoms with Gasteiger partial charge in [-0.1, -0.05) is 25.0 Å². The van der Waals surface area contributed by atoms with Crippen LogP contribution in [0.1, 0.15) is 40.0 Å². The van der Waals surface area contributed by atoms with Gasteiger partial charge in [0.15, 0.2) is 0 Å². The fourth-order valence-electron chi connectivity index (χ4n) is 1.12. The summed E-state index contributed by atoms with van der Waals surface area (Å²) in [6, 6.07) is 0. The largest absolute Gasteiger partial charge is 0.330 e. The summed E-state index contributed by atoms with van der Waals surface area (Å²) >= 11 is 0. The van der Waals surface area contributed by atoms with Crippen LogP contribution in [-0.4, -0.2) is 6.54 Å². The van der Waals surface area contributed by atoms with Crippen molar-refractivity contribution in [1.29, 1.82) is 0 Å². The second kappa shape index (κ2) is 5.48. The summed E-state index contributed by atoms with van der Waals surface area (Å²) < 4.78 is 0. The summed E-state index contributed by atoms with van der Waals surface area (Å²) in [4.78, 5) is 0. The predicted octanol–water partition coefficient (Wildman–Crippen LogP) is 2.47. The van der Waals surface area contributed by atoms with Gasteiger partial charge in [-0.25, -0.2) is 0 Å². The minimum atomic E-state index is 0.792. The molecule has 60 valence electrons. The molecule has 0 atom stereocenters. The summed E-state index contributed by atoms with van der Waals surface area (Å²) in [5.41, 5.74) is 8.53. The Kier molecular flexibility index (Phi) is 5.32. The zero-order valence-corrected chi connectivity index (χ0v) is 7.41. The van der Waals surface area contributed by atoms with Crippen molar-refractivity contribution in [2.24, 2.45) is 5.73 Å². The van der Waals surface area contributed by atoms with Crippen LogP contribution in [0.15, 0.2) is 11.1 Å². The highest BCUT2D eigenvalue weighted by Crippen LogP contribution is 2.13. The molecular weight excluding hydrogens is 122 g/mol. The van der Waals surface area contributed by atoms with Gasteiger partial charge < -0.3 is 5.73 Å². The van der Waals surface area contributed by atoms with Gasteiger partial charge >= 0.3 is 0 Å². The molecule has 0 amide bonds. The molecule has 2 N–H and O–H groups in total. The molecule has 0 heterocycles. The van der Waals surface area contributed by atoms with E-state index in [4.69, 9.17) is 5.73 Å². The third kappa shape index (κ3) is 3.02. The fourth-order valence-corrected chi connectivity index (χ4v) is 1.12. The van der Waals surface area contributed by atoms with E-state index in [0.29, 0.717) is 0 Å². The molecule has 0 radical (unpaired) electrons. The van der Waals surface area contributed by atoms with Gasteiger partial charge in [0, 0.05) is 0 Å². The summed E-state index contributed by atoms with van der Waals surface area (Å²) in [5.74, 6) is 0. The van der Waals surface area contributed by atoms with Gasteiger partial charge in [-0.05, 0) is 32.7 Å². The average Bonchev–Trinajstić information content (AvgIpc) is 1.99. The highest BCUT2D eigenvalue weighted by molar-refractivity contribution is 5.11. The number of allylic oxidation sites excluding steroid dienone is 1. The molecule has 0 aromatic carbocycles. The Morgan fingerprint density at radius 1 is 1.20 bits per heavy atom. The second-order valence-corrected chi connectivity index (χ2v) is 2.63. The van der Waals surface area contributed by atoms with Crippen LogP contribution in [0.2, 0.25) is 0 Å². The molecule has 0 aromatic heterocycles. The summed E-state index contributed by atoms with van der Waals surface area (Å²) in [7, 11) is 0. The first-order valence-electron chi connectivity index (χ1n) is 4.13. The lowest BCUT2D eigenvalue weighted by Gasteiger charge is -2.06. The monoisotopic (exact) mass is 141 g/mol. The van der Waals surface area contributed by atoms with Gasteiger partial charge in [-0.3, -0.25) is 0 Å². The Morgan fingerprint density at radius 2 is 1.80 bits per heavy atom. The molecule has 0 bridgehead atoms. The average molecular weight is 141 g/mol. The molecular formula is C9H19N. The molecule has 10 heavy (non-hydrogen) atoms. The van der Waals surface area contributed by atoms with E-state index in [1.807, 2.05) is 0 Å². The van der Waals surface area contributed by atoms with Crippen LogP contribution in [0.5, 0.6) is 0 Å². The van der Waals surface area contributed by atoms with Crippen LogP contribution >= 0.6 is 0 Å². The lowest BCUT2D eigenvalue weighted by molar-refractivity contribution is 0.856. The summed E-state index contributed by atoms with van der Waals surface area (Å²) in [6.07, 6.45) is 3.41. The van der Waals surface area contributed by atoms with E-state index in [0.717, 1.165) is 19.4 Å². The first kappa shape index (κ1) is 9.70. The van der Waals surface area contributed by atoms with E-state index in [2.05, 4.69) is 20.8 Å². The van der Waals surface area contributed by atoms with Crippen molar-refractivity contribution in [2.45, 2.75) is 40.0 Å². The molecule has 0 unspecified atom stereocenters. The van der Waals surface area contributed by atoms with Crippen LogP contribution in [-0.2, 0) is 0 Å². The van der Waals surface area contributed by atoms with Crippen molar-refractivity contribution in [3.63, 3.8) is 0 Å². The molecule has 0 aromatic rings. The van der Waals surface area contributed by atoms with Crippen molar-refractivity contribution in [3.8, 4) is 0 Å². The Hall–Kier alpha value is -0.300. The summed E-state index contributed by atoms with van der Waals surface area (Å²) in [6.45, 7) is 7.39. The molecule has 0 saturated heterocycles. The van der Waals surface area contributed by atoms with Gasteiger partial charge in [-0.15, -0.1) is 0 Å². The first-order chi connectivity index (χ1) is 4.76. The Balaban J connectivity index is 4.00. The maximum absolute atomic E-state index is 5.46. The molecule has 0 aliphatic carbocycles. The molecule has 0 saturated carbocycles. The SMILES string of the molecule is CCC(C)=C(CC)CCN. The van der Waals surface area contributed by atoms with Crippen LogP contribution in [0.25, 0.3) is 0 Å². The molecule has 0 rings (SSSR count). The number of hydrogen-bond acceptors (Lipinski definition) is 1. The minimum absolute atomic E-state index is 0.792. The van der Waals surface area contributed by atoms with Gasteiger partial charge in [0.25, 0.3) is 0 Å². The Bertz CT molecular complexity index is 114. The van der Waals surface area contributed by atoms with Crippen molar-refractivity contribution < 1.29 is 0 Å². The fraction of sp³-hybridized carbons (Fsp3) is 0.778. The van der Waals surface area contributed by atoms with E-state index in [1.165, 1.54) is 12.0 Å². The smallest absolute Gasteiger partial charge is 0.00398 e. The number of rotatable bonds is 4. The van der Waals surface area contributed by atoms with Crippen molar-refractivity contribution >= 4 is 0 Å². The highest BCUT2D eigenvalue weighted by Gasteiger charge is 1.96. The first-order valence-corrected chi connectivity index (χ1v) is 4.13. The zero-order valence-electron chi connectivity index (χ0n) is 7.41. The summed E-state index contributed by atoms with van der Waals surface area (Å²) in [5, 5.41) is 0. The van der Waals surface area contributed by atoms with Crippen LogP contribution < -0.4 is 5.73 Å². The standard InChI is InChI=1S/C9H19N/c1-4-8(3)9(5-2)6-7-10/h4-7,10H2,1-3H3. The van der Waals surface area contributed by atoms with E-state index in [9.17, 15) is 0 Å². The third-order valence-electron chi connectivity index (χ3n) is 2.01. The predicted molar refractivity (Wildman–Crippen MR) is 47.0 cm³/mol. The minimum Gasteiger partial charge on any atom is -0.330 e. The van der Waals surface area contributed by atoms with Gasteiger partial charge in [0.05, 0.1) is 0 Å². The van der Waals surface area contributed by atoms with Crippen LogP contribution in [0.3, 0.4) is 0 Å². The van der Waals surface area contributed by atoms with E-state index >= 15 is 0 Å². The lowest BCUT2D eigenvalue weighted by atomic mass is 10.0. The van der Waals surface area contributed by atoms with Crippen molar-refractivity contribution in [2.75, 3.05) is 6.54 Å².